The van der Waals surface area contributed by atoms with Crippen LogP contribution in [0.4, 0.5) is 11.4 Å². The first-order chi connectivity index (χ1) is 21.2. The van der Waals surface area contributed by atoms with Crippen molar-refractivity contribution in [3.8, 4) is 23.1 Å². The Bertz CT molecular complexity index is 2000. The summed E-state index contributed by atoms with van der Waals surface area (Å²) in [6.07, 6.45) is 1.43. The summed E-state index contributed by atoms with van der Waals surface area (Å²) in [5.74, 6) is 0.125. The highest BCUT2D eigenvalue weighted by Crippen LogP contribution is 2.39. The lowest BCUT2D eigenvalue weighted by atomic mass is 10.1. The largest absolute Gasteiger partial charge is 0.457 e. The Morgan fingerprint density at radius 2 is 1.57 bits per heavy atom. The van der Waals surface area contributed by atoms with E-state index >= 15 is 0 Å². The molecule has 1 N–H and O–H groups in total. The van der Waals surface area contributed by atoms with Gasteiger partial charge in [-0.05, 0) is 79.3 Å². The normalized spacial score (nSPS) is 14.2. The molecule has 44 heavy (non-hydrogen) atoms. The second kappa shape index (κ2) is 11.5. The number of aromatic nitrogens is 1. The Balaban J connectivity index is 1.40. The van der Waals surface area contributed by atoms with Crippen molar-refractivity contribution in [1.82, 2.24) is 9.88 Å². The van der Waals surface area contributed by atoms with E-state index in [1.807, 2.05) is 54.6 Å². The fourth-order valence-electron chi connectivity index (χ4n) is 4.95. The van der Waals surface area contributed by atoms with Crippen molar-refractivity contribution in [2.24, 2.45) is 7.05 Å². The average molecular weight is 605 g/mol. The molecule has 1 fully saturated rings. The third kappa shape index (κ3) is 5.27. The van der Waals surface area contributed by atoms with Crippen LogP contribution in [0, 0.1) is 17.0 Å². The number of anilines is 1. The van der Waals surface area contributed by atoms with Crippen molar-refractivity contribution >= 4 is 57.5 Å². The predicted molar refractivity (Wildman–Crippen MR) is 170 cm³/mol. The van der Waals surface area contributed by atoms with Crippen LogP contribution in [-0.4, -0.2) is 26.4 Å². The van der Waals surface area contributed by atoms with Gasteiger partial charge in [0, 0.05) is 24.1 Å². The zero-order valence-electron chi connectivity index (χ0n) is 23.5. The van der Waals surface area contributed by atoms with Crippen LogP contribution in [0.25, 0.3) is 17.0 Å². The quantitative estimate of drug-likeness (QED) is 0.0713. The van der Waals surface area contributed by atoms with Gasteiger partial charge in [-0.25, -0.2) is 0 Å². The van der Waals surface area contributed by atoms with Crippen LogP contribution in [0.2, 0.25) is 0 Å². The molecule has 1 aliphatic heterocycles. The highest BCUT2D eigenvalue weighted by Gasteiger charge is 2.35. The van der Waals surface area contributed by atoms with Crippen LogP contribution < -0.4 is 19.7 Å². The topological polar surface area (TPSA) is 116 Å². The molecule has 2 amide bonds. The van der Waals surface area contributed by atoms with Gasteiger partial charge >= 0.3 is 5.69 Å². The van der Waals surface area contributed by atoms with Gasteiger partial charge in [0.2, 0.25) is 11.6 Å². The number of nitro groups is 1. The molecule has 5 aromatic rings. The zero-order chi connectivity index (χ0) is 31.0. The molecule has 1 saturated heterocycles. The number of fused-ring (bicyclic) bond motifs is 1. The van der Waals surface area contributed by atoms with Crippen molar-refractivity contribution < 1.29 is 24.0 Å². The fourth-order valence-corrected chi connectivity index (χ4v) is 5.23. The number of aryl methyl sites for hydroxylation is 2. The molecule has 0 radical (unpaired) electrons. The Labute approximate surface area is 256 Å². The summed E-state index contributed by atoms with van der Waals surface area (Å²) in [7, 11) is 1.74. The summed E-state index contributed by atoms with van der Waals surface area (Å²) in [6, 6.07) is 27.9. The number of para-hydroxylation sites is 2. The monoisotopic (exact) mass is 604 g/mol. The smallest absolute Gasteiger partial charge is 0.311 e. The number of benzene rings is 4. The Morgan fingerprint density at radius 3 is 2.30 bits per heavy atom. The summed E-state index contributed by atoms with van der Waals surface area (Å²) in [6.45, 7) is 1.75. The second-order valence-corrected chi connectivity index (χ2v) is 10.4. The number of carbonyl (C=O) groups is 2. The van der Waals surface area contributed by atoms with Crippen LogP contribution in [-0.2, 0) is 16.6 Å². The molecule has 218 valence electrons. The average Bonchev–Trinajstić information content (AvgIpc) is 3.27. The molecular weight excluding hydrogens is 580 g/mol. The van der Waals surface area contributed by atoms with E-state index in [1.165, 1.54) is 23.1 Å². The van der Waals surface area contributed by atoms with E-state index in [2.05, 4.69) is 5.32 Å². The molecule has 1 aromatic heterocycles. The van der Waals surface area contributed by atoms with E-state index in [0.717, 1.165) is 5.52 Å². The van der Waals surface area contributed by atoms with Crippen LogP contribution in [0.5, 0.6) is 23.1 Å². The number of hydrogen-bond acceptors (Lipinski definition) is 7. The summed E-state index contributed by atoms with van der Waals surface area (Å²) < 4.78 is 13.7. The minimum atomic E-state index is -0.680. The van der Waals surface area contributed by atoms with E-state index < -0.39 is 16.7 Å². The van der Waals surface area contributed by atoms with Gasteiger partial charge in [-0.15, -0.1) is 0 Å². The first-order valence-electron chi connectivity index (χ1n) is 13.5. The number of carbonyl (C=O) groups excluding carboxylic acids is 2. The Kier molecular flexibility index (Phi) is 7.38. The van der Waals surface area contributed by atoms with E-state index in [0.29, 0.717) is 33.7 Å². The number of nitrogens with one attached hydrogen (secondary N) is 1. The minimum absolute atomic E-state index is 0.0196. The third-order valence-corrected chi connectivity index (χ3v) is 7.36. The molecule has 0 saturated carbocycles. The first kappa shape index (κ1) is 28.3. The van der Waals surface area contributed by atoms with Crippen molar-refractivity contribution in [2.75, 3.05) is 4.90 Å². The van der Waals surface area contributed by atoms with Crippen LogP contribution in [0.1, 0.15) is 11.1 Å². The van der Waals surface area contributed by atoms with E-state index in [-0.39, 0.29) is 28.0 Å². The number of rotatable bonds is 7. The minimum Gasteiger partial charge on any atom is -0.457 e. The van der Waals surface area contributed by atoms with Crippen molar-refractivity contribution in [1.29, 1.82) is 0 Å². The molecule has 0 bridgehead atoms. The molecule has 4 aromatic carbocycles. The number of thiocarbonyl (C=S) groups is 1. The van der Waals surface area contributed by atoms with Crippen molar-refractivity contribution in [3.05, 3.63) is 124 Å². The van der Waals surface area contributed by atoms with Crippen molar-refractivity contribution in [2.45, 2.75) is 6.92 Å². The molecular formula is C33H24N4O6S. The maximum atomic E-state index is 13.9. The molecule has 0 spiro atoms. The van der Waals surface area contributed by atoms with Crippen LogP contribution >= 0.6 is 12.2 Å². The number of nitro benzene ring substituents is 1. The standard InChI is InChI=1S/C33H24N4O6S/c1-20-12-17-29(28(18-20)37(40)41)43-32-25(24-10-6-7-11-27(24)35(32)2)19-26-30(38)34-33(44)36(31(26)39)21-13-15-23(16-14-21)42-22-8-4-3-5-9-22/h3-19H,1-2H3,(H,34,38,44). The molecule has 0 unspecified atom stereocenters. The summed E-state index contributed by atoms with van der Waals surface area (Å²) in [5.41, 5.74) is 1.85. The Morgan fingerprint density at radius 1 is 0.886 bits per heavy atom. The lowest BCUT2D eigenvalue weighted by Crippen LogP contribution is -2.54. The van der Waals surface area contributed by atoms with Gasteiger partial charge in [0.25, 0.3) is 11.8 Å². The van der Waals surface area contributed by atoms with Gasteiger partial charge < -0.3 is 14.0 Å². The molecule has 2 heterocycles. The molecule has 0 atom stereocenters. The van der Waals surface area contributed by atoms with E-state index in [1.54, 1.807) is 48.9 Å². The molecule has 10 nitrogen and oxygen atoms in total. The molecule has 11 heteroatoms. The van der Waals surface area contributed by atoms with Gasteiger partial charge in [0.05, 0.1) is 16.1 Å². The van der Waals surface area contributed by atoms with Gasteiger partial charge in [-0.2, -0.15) is 0 Å². The van der Waals surface area contributed by atoms with Gasteiger partial charge in [0.1, 0.15) is 17.1 Å². The predicted octanol–water partition coefficient (Wildman–Crippen LogP) is 6.81. The maximum absolute atomic E-state index is 13.9. The van der Waals surface area contributed by atoms with Crippen LogP contribution in [0.3, 0.4) is 0 Å². The van der Waals surface area contributed by atoms with Gasteiger partial charge in [-0.3, -0.25) is 29.9 Å². The highest BCUT2D eigenvalue weighted by molar-refractivity contribution is 7.80. The number of amides is 2. The van der Waals surface area contributed by atoms with E-state index in [4.69, 9.17) is 21.7 Å². The van der Waals surface area contributed by atoms with Crippen molar-refractivity contribution in [3.63, 3.8) is 0 Å². The molecule has 0 aliphatic carbocycles. The van der Waals surface area contributed by atoms with Gasteiger partial charge in [0.15, 0.2) is 5.11 Å². The molecule has 1 aliphatic rings. The Hall–Kier alpha value is -5.81. The lowest BCUT2D eigenvalue weighted by Gasteiger charge is -2.29. The fraction of sp³-hybridized carbons (Fsp3) is 0.0606. The number of nitrogens with zero attached hydrogens (tertiary/aromatic N) is 3. The highest BCUT2D eigenvalue weighted by atomic mass is 32.1. The SMILES string of the molecule is Cc1ccc(Oc2c(C=C3C(=O)NC(=S)N(c4ccc(Oc5ccccc5)cc4)C3=O)c3ccccc3n2C)c([N+](=O)[O-])c1. The summed E-state index contributed by atoms with van der Waals surface area (Å²) in [4.78, 5) is 39.6. The summed E-state index contributed by atoms with van der Waals surface area (Å²) >= 11 is 5.38. The third-order valence-electron chi connectivity index (χ3n) is 7.07. The second-order valence-electron chi connectivity index (χ2n) is 9.99. The number of hydrogen-bond donors (Lipinski definition) is 1. The van der Waals surface area contributed by atoms with Crippen LogP contribution in [0.15, 0.2) is 103 Å². The zero-order valence-corrected chi connectivity index (χ0v) is 24.3. The maximum Gasteiger partial charge on any atom is 0.311 e. The lowest BCUT2D eigenvalue weighted by molar-refractivity contribution is -0.385. The van der Waals surface area contributed by atoms with Gasteiger partial charge in [-0.1, -0.05) is 42.5 Å². The van der Waals surface area contributed by atoms with E-state index in [9.17, 15) is 19.7 Å². The molecule has 6 rings (SSSR count). The summed E-state index contributed by atoms with van der Waals surface area (Å²) in [5, 5.41) is 15.0. The number of ether oxygens (including phenoxy) is 2. The first-order valence-corrected chi connectivity index (χ1v) is 13.9.